The molecule has 1 fully saturated rings. The van der Waals surface area contributed by atoms with Crippen LogP contribution in [0.5, 0.6) is 0 Å². The van der Waals surface area contributed by atoms with E-state index in [0.29, 0.717) is 28.3 Å². The maximum absolute atomic E-state index is 14.8. The molecule has 1 saturated carbocycles. The molecule has 0 radical (unpaired) electrons. The number of thiazole rings is 1. The highest BCUT2D eigenvalue weighted by molar-refractivity contribution is 7.07. The normalized spacial score (nSPS) is 18.0. The van der Waals surface area contributed by atoms with Crippen LogP contribution in [0.4, 0.5) is 10.1 Å². The van der Waals surface area contributed by atoms with Crippen LogP contribution in [0.2, 0.25) is 0 Å². The molecular formula is C28H31FN4OS. The van der Waals surface area contributed by atoms with Crippen molar-refractivity contribution in [2.24, 2.45) is 10.1 Å². The third kappa shape index (κ3) is 4.87. The largest absolute Gasteiger partial charge is 0.306 e. The molecule has 0 saturated heterocycles. The van der Waals surface area contributed by atoms with E-state index in [4.69, 9.17) is 10.1 Å². The molecule has 5 nitrogen and oxygen atoms in total. The van der Waals surface area contributed by atoms with Gasteiger partial charge in [-0.3, -0.25) is 9.79 Å². The van der Waals surface area contributed by atoms with E-state index in [0.717, 1.165) is 43.4 Å². The SMILES string of the molecule is CCCCCN1C(=O)C(=Nn2c(-c3ccccc3F)csc2=NC2CCCCC2)c2ccccc21. The topological polar surface area (TPSA) is 50.0 Å². The zero-order valence-corrected chi connectivity index (χ0v) is 20.9. The smallest absolute Gasteiger partial charge is 0.279 e. The van der Waals surface area contributed by atoms with E-state index in [-0.39, 0.29) is 17.8 Å². The second kappa shape index (κ2) is 10.7. The van der Waals surface area contributed by atoms with Gasteiger partial charge in [-0.2, -0.15) is 5.10 Å². The molecule has 5 rings (SSSR count). The van der Waals surface area contributed by atoms with E-state index in [1.165, 1.54) is 36.7 Å². The molecule has 2 heterocycles. The number of halogens is 1. The van der Waals surface area contributed by atoms with Crippen LogP contribution in [-0.2, 0) is 4.79 Å². The fourth-order valence-corrected chi connectivity index (χ4v) is 5.80. The number of fused-ring (bicyclic) bond motifs is 1. The van der Waals surface area contributed by atoms with Gasteiger partial charge in [-0.25, -0.2) is 9.07 Å². The predicted octanol–water partition coefficient (Wildman–Crippen LogP) is 6.38. The van der Waals surface area contributed by atoms with E-state index in [1.54, 1.807) is 16.8 Å². The highest BCUT2D eigenvalue weighted by Crippen LogP contribution is 2.31. The summed E-state index contributed by atoms with van der Waals surface area (Å²) in [4.78, 5) is 21.1. The van der Waals surface area contributed by atoms with Crippen molar-refractivity contribution in [1.82, 2.24) is 4.68 Å². The van der Waals surface area contributed by atoms with Gasteiger partial charge in [-0.05, 0) is 37.5 Å². The quantitative estimate of drug-likeness (QED) is 0.355. The van der Waals surface area contributed by atoms with Gasteiger partial charge in [0.15, 0.2) is 5.71 Å². The molecule has 1 aliphatic heterocycles. The van der Waals surface area contributed by atoms with Gasteiger partial charge in [-0.1, -0.05) is 69.4 Å². The summed E-state index contributed by atoms with van der Waals surface area (Å²) < 4.78 is 16.5. The molecule has 0 bridgehead atoms. The summed E-state index contributed by atoms with van der Waals surface area (Å²) in [6.45, 7) is 2.82. The first-order valence-electron chi connectivity index (χ1n) is 12.7. The van der Waals surface area contributed by atoms with Crippen molar-refractivity contribution in [2.45, 2.75) is 64.3 Å². The average Bonchev–Trinajstić information content (AvgIpc) is 3.39. The number of amides is 1. The summed E-state index contributed by atoms with van der Waals surface area (Å²) in [5, 5.41) is 6.79. The number of unbranched alkanes of at least 4 members (excludes halogenated alkanes) is 2. The minimum atomic E-state index is -0.317. The van der Waals surface area contributed by atoms with Crippen LogP contribution in [0.1, 0.15) is 63.9 Å². The molecule has 2 aromatic carbocycles. The molecule has 182 valence electrons. The Hall–Kier alpha value is -3.06. The molecule has 2 aliphatic rings. The van der Waals surface area contributed by atoms with Crippen molar-refractivity contribution >= 4 is 28.6 Å². The molecular weight excluding hydrogens is 459 g/mol. The first-order chi connectivity index (χ1) is 17.2. The lowest BCUT2D eigenvalue weighted by atomic mass is 9.96. The van der Waals surface area contributed by atoms with Gasteiger partial charge in [0.2, 0.25) is 4.80 Å². The van der Waals surface area contributed by atoms with Crippen molar-refractivity contribution in [3.05, 3.63) is 70.1 Å². The van der Waals surface area contributed by atoms with Crippen molar-refractivity contribution in [3.63, 3.8) is 0 Å². The number of para-hydroxylation sites is 1. The van der Waals surface area contributed by atoms with Gasteiger partial charge < -0.3 is 4.90 Å². The highest BCUT2D eigenvalue weighted by atomic mass is 32.1. The summed E-state index contributed by atoms with van der Waals surface area (Å²) in [5.74, 6) is -0.424. The summed E-state index contributed by atoms with van der Waals surface area (Å²) >= 11 is 1.45. The number of hydrogen-bond donors (Lipinski definition) is 0. The third-order valence-electron chi connectivity index (χ3n) is 6.79. The molecule has 0 atom stereocenters. The molecule has 0 N–H and O–H groups in total. The van der Waals surface area contributed by atoms with E-state index in [2.05, 4.69) is 6.92 Å². The first-order valence-corrected chi connectivity index (χ1v) is 13.5. The van der Waals surface area contributed by atoms with Gasteiger partial charge in [0.05, 0.1) is 17.4 Å². The van der Waals surface area contributed by atoms with Crippen LogP contribution in [-0.4, -0.2) is 28.9 Å². The lowest BCUT2D eigenvalue weighted by Gasteiger charge is -2.17. The maximum Gasteiger partial charge on any atom is 0.279 e. The Morgan fingerprint density at radius 3 is 2.51 bits per heavy atom. The summed E-state index contributed by atoms with van der Waals surface area (Å²) in [6, 6.07) is 14.7. The van der Waals surface area contributed by atoms with Crippen molar-refractivity contribution in [3.8, 4) is 11.3 Å². The fraction of sp³-hybridized carbons (Fsp3) is 0.393. The lowest BCUT2D eigenvalue weighted by Crippen LogP contribution is -2.32. The monoisotopic (exact) mass is 490 g/mol. The third-order valence-corrected chi connectivity index (χ3v) is 7.62. The van der Waals surface area contributed by atoms with Gasteiger partial charge >= 0.3 is 0 Å². The fourth-order valence-electron chi connectivity index (χ4n) is 4.91. The van der Waals surface area contributed by atoms with Crippen LogP contribution in [0.25, 0.3) is 11.3 Å². The van der Waals surface area contributed by atoms with E-state index < -0.39 is 0 Å². The van der Waals surface area contributed by atoms with Crippen molar-refractivity contribution in [2.75, 3.05) is 11.4 Å². The number of aromatic nitrogens is 1. The molecule has 1 aliphatic carbocycles. The van der Waals surface area contributed by atoms with E-state index >= 15 is 0 Å². The number of hydrogen-bond acceptors (Lipinski definition) is 4. The van der Waals surface area contributed by atoms with Gasteiger partial charge in [-0.15, -0.1) is 11.3 Å². The number of anilines is 1. The molecule has 0 unspecified atom stereocenters. The second-order valence-electron chi connectivity index (χ2n) is 9.25. The van der Waals surface area contributed by atoms with Crippen LogP contribution >= 0.6 is 11.3 Å². The molecule has 3 aromatic rings. The van der Waals surface area contributed by atoms with Crippen molar-refractivity contribution < 1.29 is 9.18 Å². The standard InChI is InChI=1S/C28H31FN4OS/c1-2-3-11-18-32-24-17-10-8-15-22(24)26(27(32)34)31-33-25(21-14-7-9-16-23(21)29)19-35-28(33)30-20-12-5-4-6-13-20/h7-10,14-17,19-20H,2-6,11-13,18H2,1H3. The van der Waals surface area contributed by atoms with Gasteiger partial charge in [0.25, 0.3) is 5.91 Å². The number of nitrogens with zero attached hydrogens (tertiary/aromatic N) is 4. The molecule has 7 heteroatoms. The Balaban J connectivity index is 1.63. The Morgan fingerprint density at radius 1 is 1.00 bits per heavy atom. The van der Waals surface area contributed by atoms with Crippen LogP contribution in [0.15, 0.2) is 64.0 Å². The molecule has 1 amide bonds. The number of rotatable bonds is 7. The Morgan fingerprint density at radius 2 is 1.74 bits per heavy atom. The molecule has 0 spiro atoms. The molecule has 35 heavy (non-hydrogen) atoms. The van der Waals surface area contributed by atoms with Crippen LogP contribution in [0, 0.1) is 5.82 Å². The summed E-state index contributed by atoms with van der Waals surface area (Å²) in [7, 11) is 0. The second-order valence-corrected chi connectivity index (χ2v) is 10.1. The minimum Gasteiger partial charge on any atom is -0.306 e. The Labute approximate surface area is 209 Å². The van der Waals surface area contributed by atoms with Gasteiger partial charge in [0, 0.05) is 23.1 Å². The average molecular weight is 491 g/mol. The first kappa shape index (κ1) is 23.7. The summed E-state index contributed by atoms with van der Waals surface area (Å²) in [6.07, 6.45) is 8.80. The lowest BCUT2D eigenvalue weighted by molar-refractivity contribution is -0.112. The number of carbonyl (C=O) groups is 1. The molecule has 1 aromatic heterocycles. The zero-order valence-electron chi connectivity index (χ0n) is 20.1. The van der Waals surface area contributed by atoms with Crippen molar-refractivity contribution in [1.29, 1.82) is 0 Å². The number of benzene rings is 2. The summed E-state index contributed by atoms with van der Waals surface area (Å²) in [5.41, 5.74) is 3.16. The minimum absolute atomic E-state index is 0.107. The van der Waals surface area contributed by atoms with Gasteiger partial charge in [0.1, 0.15) is 5.82 Å². The maximum atomic E-state index is 14.8. The zero-order chi connectivity index (χ0) is 24.2. The Bertz CT molecular complexity index is 1300. The predicted molar refractivity (Wildman–Crippen MR) is 140 cm³/mol. The van der Waals surface area contributed by atoms with E-state index in [9.17, 15) is 9.18 Å². The Kier molecular flexibility index (Phi) is 7.23. The highest BCUT2D eigenvalue weighted by Gasteiger charge is 2.34. The van der Waals surface area contributed by atoms with Crippen LogP contribution < -0.4 is 9.70 Å². The van der Waals surface area contributed by atoms with E-state index in [1.807, 2.05) is 40.6 Å². The van der Waals surface area contributed by atoms with Crippen LogP contribution in [0.3, 0.4) is 0 Å². The number of carbonyl (C=O) groups excluding carboxylic acids is 1.